The predicted molar refractivity (Wildman–Crippen MR) is 113 cm³/mol. The molecular formula is C22H17ClN4O3. The quantitative estimate of drug-likeness (QED) is 0.488. The van der Waals surface area contributed by atoms with Gasteiger partial charge in [-0.05, 0) is 42.0 Å². The van der Waals surface area contributed by atoms with Crippen molar-refractivity contribution in [3.8, 4) is 17.1 Å². The van der Waals surface area contributed by atoms with Crippen molar-refractivity contribution in [3.05, 3.63) is 89.0 Å². The second-order valence-electron chi connectivity index (χ2n) is 6.39. The molecule has 0 atom stereocenters. The Morgan fingerprint density at radius 1 is 1.17 bits per heavy atom. The third-order valence-corrected chi connectivity index (χ3v) is 4.64. The van der Waals surface area contributed by atoms with Gasteiger partial charge in [0.2, 0.25) is 11.7 Å². The summed E-state index contributed by atoms with van der Waals surface area (Å²) in [5, 5.41) is 7.37. The maximum absolute atomic E-state index is 12.8. The van der Waals surface area contributed by atoms with Gasteiger partial charge in [0.1, 0.15) is 5.75 Å². The largest absolute Gasteiger partial charge is 0.496 e. The van der Waals surface area contributed by atoms with Crippen molar-refractivity contribution in [1.29, 1.82) is 0 Å². The van der Waals surface area contributed by atoms with Gasteiger partial charge in [0, 0.05) is 28.7 Å². The third-order valence-electron chi connectivity index (χ3n) is 4.40. The number of hydrogen-bond acceptors (Lipinski definition) is 6. The molecule has 4 aromatic rings. The summed E-state index contributed by atoms with van der Waals surface area (Å²) in [4.78, 5) is 21.3. The van der Waals surface area contributed by atoms with Crippen molar-refractivity contribution < 1.29 is 14.1 Å². The van der Waals surface area contributed by atoms with Crippen LogP contribution in [0.4, 0.5) is 5.69 Å². The van der Waals surface area contributed by atoms with Crippen molar-refractivity contribution >= 4 is 23.2 Å². The van der Waals surface area contributed by atoms with Crippen LogP contribution in [0.1, 0.15) is 21.8 Å². The van der Waals surface area contributed by atoms with Crippen LogP contribution in [0.25, 0.3) is 11.4 Å². The number of carbonyl (C=O) groups excluding carboxylic acids is 1. The molecule has 0 saturated carbocycles. The Hall–Kier alpha value is -3.71. The minimum absolute atomic E-state index is 0.330. The fourth-order valence-corrected chi connectivity index (χ4v) is 3.12. The van der Waals surface area contributed by atoms with Gasteiger partial charge in [-0.3, -0.25) is 9.78 Å². The first-order valence-corrected chi connectivity index (χ1v) is 9.47. The van der Waals surface area contributed by atoms with E-state index in [1.165, 1.54) is 7.11 Å². The number of halogens is 1. The van der Waals surface area contributed by atoms with Crippen LogP contribution in [0.3, 0.4) is 0 Å². The number of nitrogens with zero attached hydrogens (tertiary/aromatic N) is 3. The van der Waals surface area contributed by atoms with E-state index >= 15 is 0 Å². The lowest BCUT2D eigenvalue weighted by atomic mass is 10.1. The van der Waals surface area contributed by atoms with Gasteiger partial charge in [0.05, 0.1) is 19.1 Å². The molecule has 0 bridgehead atoms. The summed E-state index contributed by atoms with van der Waals surface area (Å²) in [5.41, 5.74) is 2.57. The molecule has 0 aliphatic carbocycles. The molecule has 0 radical (unpaired) electrons. The predicted octanol–water partition coefficient (Wildman–Crippen LogP) is 4.64. The maximum Gasteiger partial charge on any atom is 0.259 e. The van der Waals surface area contributed by atoms with E-state index in [1.807, 2.05) is 30.3 Å². The molecule has 1 amide bonds. The zero-order chi connectivity index (χ0) is 20.9. The van der Waals surface area contributed by atoms with E-state index in [4.69, 9.17) is 20.9 Å². The Kier molecular flexibility index (Phi) is 5.72. The highest BCUT2D eigenvalue weighted by Crippen LogP contribution is 2.26. The summed E-state index contributed by atoms with van der Waals surface area (Å²) in [5.74, 6) is 0.995. The lowest BCUT2D eigenvalue weighted by Crippen LogP contribution is -2.14. The van der Waals surface area contributed by atoms with Gasteiger partial charge >= 0.3 is 0 Å². The van der Waals surface area contributed by atoms with Crippen LogP contribution in [0.2, 0.25) is 5.02 Å². The molecule has 8 heteroatoms. The average molecular weight is 421 g/mol. The summed E-state index contributed by atoms with van der Waals surface area (Å²) < 4.78 is 10.7. The summed E-state index contributed by atoms with van der Waals surface area (Å²) >= 11 is 6.04. The van der Waals surface area contributed by atoms with Gasteiger partial charge in [-0.25, -0.2) is 0 Å². The molecule has 150 valence electrons. The number of nitrogens with one attached hydrogen (secondary N) is 1. The Morgan fingerprint density at radius 2 is 2.03 bits per heavy atom. The Bertz CT molecular complexity index is 1180. The van der Waals surface area contributed by atoms with Crippen molar-refractivity contribution in [2.45, 2.75) is 6.42 Å². The normalized spacial score (nSPS) is 10.6. The van der Waals surface area contributed by atoms with Gasteiger partial charge in [-0.15, -0.1) is 0 Å². The third kappa shape index (κ3) is 4.31. The molecule has 0 unspecified atom stereocenters. The first-order chi connectivity index (χ1) is 14.6. The molecule has 0 aliphatic rings. The number of methoxy groups -OCH3 is 1. The zero-order valence-corrected chi connectivity index (χ0v) is 16.8. The van der Waals surface area contributed by atoms with Gasteiger partial charge in [-0.2, -0.15) is 4.98 Å². The van der Waals surface area contributed by atoms with Crippen LogP contribution in [0, 0.1) is 0 Å². The topological polar surface area (TPSA) is 90.1 Å². The van der Waals surface area contributed by atoms with Crippen LogP contribution in [0.5, 0.6) is 5.75 Å². The SMILES string of the molecule is COc1ccc(Cl)cc1C(=O)Nc1ccccc1Cc1nc(-c2cccnc2)no1. The summed E-state index contributed by atoms with van der Waals surface area (Å²) in [6, 6.07) is 16.0. The lowest BCUT2D eigenvalue weighted by molar-refractivity contribution is 0.102. The Labute approximate surface area is 177 Å². The number of para-hydroxylation sites is 1. The second kappa shape index (κ2) is 8.75. The number of hydrogen-bond donors (Lipinski definition) is 1. The van der Waals surface area contributed by atoms with Gasteiger partial charge in [-0.1, -0.05) is 35.0 Å². The number of pyridine rings is 1. The number of rotatable bonds is 6. The van der Waals surface area contributed by atoms with E-state index < -0.39 is 0 Å². The fraction of sp³-hybridized carbons (Fsp3) is 0.0909. The van der Waals surface area contributed by atoms with Crippen LogP contribution >= 0.6 is 11.6 Å². The van der Waals surface area contributed by atoms with Crippen molar-refractivity contribution in [3.63, 3.8) is 0 Å². The zero-order valence-electron chi connectivity index (χ0n) is 16.0. The maximum atomic E-state index is 12.8. The number of amides is 1. The molecule has 0 spiro atoms. The number of carbonyl (C=O) groups is 1. The molecule has 4 rings (SSSR count). The van der Waals surface area contributed by atoms with Crippen LogP contribution in [0.15, 0.2) is 71.5 Å². The van der Waals surface area contributed by atoms with Crippen LogP contribution in [-0.2, 0) is 6.42 Å². The molecule has 0 aliphatic heterocycles. The molecule has 0 saturated heterocycles. The summed E-state index contributed by atoms with van der Waals surface area (Å²) in [6.45, 7) is 0. The molecule has 7 nitrogen and oxygen atoms in total. The molecule has 0 fully saturated rings. The summed E-state index contributed by atoms with van der Waals surface area (Å²) in [7, 11) is 1.50. The van der Waals surface area contributed by atoms with Crippen molar-refractivity contribution in [1.82, 2.24) is 15.1 Å². The number of ether oxygens (including phenoxy) is 1. The number of aromatic nitrogens is 3. The number of benzene rings is 2. The monoisotopic (exact) mass is 420 g/mol. The highest BCUT2D eigenvalue weighted by molar-refractivity contribution is 6.31. The number of anilines is 1. The van der Waals surface area contributed by atoms with Crippen LogP contribution < -0.4 is 10.1 Å². The molecule has 2 heterocycles. The first kappa shape index (κ1) is 19.6. The van der Waals surface area contributed by atoms with E-state index in [9.17, 15) is 4.79 Å². The fourth-order valence-electron chi connectivity index (χ4n) is 2.95. The molecule has 30 heavy (non-hydrogen) atoms. The van der Waals surface area contributed by atoms with Crippen LogP contribution in [-0.4, -0.2) is 28.1 Å². The van der Waals surface area contributed by atoms with E-state index in [-0.39, 0.29) is 5.91 Å². The average Bonchev–Trinajstić information content (AvgIpc) is 3.24. The molecule has 2 aromatic heterocycles. The van der Waals surface area contributed by atoms with Crippen molar-refractivity contribution in [2.24, 2.45) is 0 Å². The second-order valence-corrected chi connectivity index (χ2v) is 6.82. The van der Waals surface area contributed by atoms with Gasteiger partial charge in [0.15, 0.2) is 0 Å². The van der Waals surface area contributed by atoms with E-state index in [0.717, 1.165) is 11.1 Å². The first-order valence-electron chi connectivity index (χ1n) is 9.10. The van der Waals surface area contributed by atoms with E-state index in [2.05, 4.69) is 20.4 Å². The highest BCUT2D eigenvalue weighted by Gasteiger charge is 2.16. The van der Waals surface area contributed by atoms with E-state index in [1.54, 1.807) is 36.7 Å². The molecular weight excluding hydrogens is 404 g/mol. The van der Waals surface area contributed by atoms with Crippen molar-refractivity contribution in [2.75, 3.05) is 12.4 Å². The van der Waals surface area contributed by atoms with Gasteiger partial charge in [0.25, 0.3) is 5.91 Å². The summed E-state index contributed by atoms with van der Waals surface area (Å²) in [6.07, 6.45) is 3.70. The van der Waals surface area contributed by atoms with Gasteiger partial charge < -0.3 is 14.6 Å². The smallest absolute Gasteiger partial charge is 0.259 e. The van der Waals surface area contributed by atoms with E-state index in [0.29, 0.717) is 40.2 Å². The lowest BCUT2D eigenvalue weighted by Gasteiger charge is -2.12. The minimum atomic E-state index is -0.330. The standard InChI is InChI=1S/C22H17ClN4O3/c1-29-19-9-8-16(23)12-17(19)22(28)25-18-7-3-2-5-14(18)11-20-26-21(27-30-20)15-6-4-10-24-13-15/h2-10,12-13H,11H2,1H3,(H,25,28). The molecule has 2 aromatic carbocycles. The minimum Gasteiger partial charge on any atom is -0.496 e. The highest BCUT2D eigenvalue weighted by atomic mass is 35.5. The molecule has 1 N–H and O–H groups in total. The Balaban J connectivity index is 1.56. The Morgan fingerprint density at radius 3 is 2.83 bits per heavy atom.